The SMILES string of the molecule is O=C(Cc1ccc(-c2ccccc2)cc1)Nc1ccccc1N1CCOC1=O. The first-order chi connectivity index (χ1) is 13.7. The molecule has 1 aliphatic rings. The van der Waals surface area contributed by atoms with Gasteiger partial charge in [-0.3, -0.25) is 9.69 Å². The number of nitrogens with one attached hydrogen (secondary N) is 1. The zero-order valence-electron chi connectivity index (χ0n) is 15.3. The van der Waals surface area contributed by atoms with E-state index in [0.717, 1.165) is 16.7 Å². The predicted molar refractivity (Wildman–Crippen MR) is 109 cm³/mol. The highest BCUT2D eigenvalue weighted by Gasteiger charge is 2.25. The Bertz CT molecular complexity index is 984. The highest BCUT2D eigenvalue weighted by molar-refractivity contribution is 6.00. The van der Waals surface area contributed by atoms with Crippen LogP contribution >= 0.6 is 0 Å². The van der Waals surface area contributed by atoms with Gasteiger partial charge in [0.2, 0.25) is 5.91 Å². The van der Waals surface area contributed by atoms with E-state index in [2.05, 4.69) is 17.4 Å². The van der Waals surface area contributed by atoms with Crippen LogP contribution in [0.2, 0.25) is 0 Å². The molecule has 1 heterocycles. The molecular formula is C23H20N2O3. The van der Waals surface area contributed by atoms with Gasteiger partial charge in [0, 0.05) is 0 Å². The van der Waals surface area contributed by atoms with Gasteiger partial charge in [0.05, 0.1) is 24.3 Å². The van der Waals surface area contributed by atoms with Gasteiger partial charge in [0.1, 0.15) is 6.61 Å². The number of ether oxygens (including phenoxy) is 1. The molecule has 1 saturated heterocycles. The average molecular weight is 372 g/mol. The van der Waals surface area contributed by atoms with Crippen LogP contribution < -0.4 is 10.2 Å². The first-order valence-electron chi connectivity index (χ1n) is 9.18. The molecule has 0 atom stereocenters. The Labute approximate surface area is 163 Å². The molecule has 4 rings (SSSR count). The largest absolute Gasteiger partial charge is 0.447 e. The Morgan fingerprint density at radius 2 is 1.57 bits per heavy atom. The van der Waals surface area contributed by atoms with Crippen LogP contribution in [0.3, 0.4) is 0 Å². The number of para-hydroxylation sites is 2. The summed E-state index contributed by atoms with van der Waals surface area (Å²) in [6.45, 7) is 0.835. The Hall–Kier alpha value is -3.60. The normalized spacial score (nSPS) is 13.3. The van der Waals surface area contributed by atoms with Crippen molar-refractivity contribution in [3.63, 3.8) is 0 Å². The lowest BCUT2D eigenvalue weighted by molar-refractivity contribution is -0.115. The van der Waals surface area contributed by atoms with E-state index < -0.39 is 6.09 Å². The molecule has 0 aliphatic carbocycles. The smallest absolute Gasteiger partial charge is 0.414 e. The number of cyclic esters (lactones) is 1. The molecule has 5 heteroatoms. The number of nitrogens with zero attached hydrogens (tertiary/aromatic N) is 1. The van der Waals surface area contributed by atoms with Crippen molar-refractivity contribution in [2.45, 2.75) is 6.42 Å². The third kappa shape index (κ3) is 3.88. The van der Waals surface area contributed by atoms with E-state index >= 15 is 0 Å². The van der Waals surface area contributed by atoms with Crippen LogP contribution in [0, 0.1) is 0 Å². The molecule has 28 heavy (non-hydrogen) atoms. The Kier molecular flexibility index (Phi) is 5.06. The number of anilines is 2. The van der Waals surface area contributed by atoms with Crippen molar-refractivity contribution in [2.75, 3.05) is 23.4 Å². The summed E-state index contributed by atoms with van der Waals surface area (Å²) in [5.41, 5.74) is 4.44. The second-order valence-electron chi connectivity index (χ2n) is 6.57. The highest BCUT2D eigenvalue weighted by atomic mass is 16.6. The van der Waals surface area contributed by atoms with Crippen LogP contribution in [0.4, 0.5) is 16.2 Å². The molecule has 0 spiro atoms. The molecular weight excluding hydrogens is 352 g/mol. The summed E-state index contributed by atoms with van der Waals surface area (Å²) in [6, 6.07) is 25.3. The first kappa shape index (κ1) is 17.8. The third-order valence-electron chi connectivity index (χ3n) is 4.66. The maximum absolute atomic E-state index is 12.5. The zero-order valence-corrected chi connectivity index (χ0v) is 15.3. The summed E-state index contributed by atoms with van der Waals surface area (Å²) in [7, 11) is 0. The van der Waals surface area contributed by atoms with E-state index in [-0.39, 0.29) is 12.3 Å². The van der Waals surface area contributed by atoms with E-state index in [0.29, 0.717) is 24.5 Å². The van der Waals surface area contributed by atoms with Crippen molar-refractivity contribution >= 4 is 23.4 Å². The summed E-state index contributed by atoms with van der Waals surface area (Å²) >= 11 is 0. The van der Waals surface area contributed by atoms with Gasteiger partial charge < -0.3 is 10.1 Å². The topological polar surface area (TPSA) is 58.6 Å². The van der Waals surface area contributed by atoms with Crippen molar-refractivity contribution in [3.05, 3.63) is 84.4 Å². The molecule has 1 fully saturated rings. The van der Waals surface area contributed by atoms with Gasteiger partial charge in [-0.1, -0.05) is 66.7 Å². The standard InChI is InChI=1S/C23H20N2O3/c26-22(16-17-10-12-19(13-11-17)18-6-2-1-3-7-18)24-20-8-4-5-9-21(20)25-14-15-28-23(25)27/h1-13H,14-16H2,(H,24,26). The number of carbonyl (C=O) groups excluding carboxylic acids is 2. The summed E-state index contributed by atoms with van der Waals surface area (Å²) in [6.07, 6.45) is -0.133. The molecule has 0 saturated carbocycles. The van der Waals surface area contributed by atoms with Gasteiger partial charge in [0.15, 0.2) is 0 Å². The number of hydrogen-bond acceptors (Lipinski definition) is 3. The molecule has 0 unspecified atom stereocenters. The molecule has 2 amide bonds. The van der Waals surface area contributed by atoms with E-state index in [1.54, 1.807) is 12.1 Å². The second kappa shape index (κ2) is 7.96. The Morgan fingerprint density at radius 1 is 0.893 bits per heavy atom. The van der Waals surface area contributed by atoms with Gasteiger partial charge in [-0.05, 0) is 28.8 Å². The monoisotopic (exact) mass is 372 g/mol. The van der Waals surface area contributed by atoms with Crippen LogP contribution in [0.5, 0.6) is 0 Å². The number of benzene rings is 3. The van der Waals surface area contributed by atoms with Gasteiger partial charge in [-0.25, -0.2) is 4.79 Å². The Morgan fingerprint density at radius 3 is 2.29 bits per heavy atom. The Balaban J connectivity index is 1.45. The molecule has 0 aromatic heterocycles. The van der Waals surface area contributed by atoms with E-state index in [9.17, 15) is 9.59 Å². The maximum atomic E-state index is 12.5. The minimum absolute atomic E-state index is 0.132. The molecule has 1 aliphatic heterocycles. The van der Waals surface area contributed by atoms with Gasteiger partial charge in [-0.2, -0.15) is 0 Å². The van der Waals surface area contributed by atoms with Gasteiger partial charge >= 0.3 is 6.09 Å². The van der Waals surface area contributed by atoms with Crippen LogP contribution in [0.15, 0.2) is 78.9 Å². The first-order valence-corrected chi connectivity index (χ1v) is 9.18. The second-order valence-corrected chi connectivity index (χ2v) is 6.57. The van der Waals surface area contributed by atoms with Crippen molar-refractivity contribution in [1.82, 2.24) is 0 Å². The van der Waals surface area contributed by atoms with Crippen LogP contribution in [-0.4, -0.2) is 25.2 Å². The molecule has 3 aromatic rings. The van der Waals surface area contributed by atoms with Crippen molar-refractivity contribution in [3.8, 4) is 11.1 Å². The lowest BCUT2D eigenvalue weighted by Gasteiger charge is -2.17. The minimum atomic E-state index is -0.391. The fraction of sp³-hybridized carbons (Fsp3) is 0.130. The lowest BCUT2D eigenvalue weighted by Crippen LogP contribution is -2.25. The number of rotatable bonds is 5. The number of hydrogen-bond donors (Lipinski definition) is 1. The fourth-order valence-electron chi connectivity index (χ4n) is 3.25. The van der Waals surface area contributed by atoms with Crippen LogP contribution in [0.1, 0.15) is 5.56 Å². The number of carbonyl (C=O) groups is 2. The van der Waals surface area contributed by atoms with Crippen molar-refractivity contribution in [1.29, 1.82) is 0 Å². The summed E-state index contributed by atoms with van der Waals surface area (Å²) in [4.78, 5) is 25.9. The quantitative estimate of drug-likeness (QED) is 0.718. The van der Waals surface area contributed by atoms with Gasteiger partial charge in [-0.15, -0.1) is 0 Å². The van der Waals surface area contributed by atoms with E-state index in [1.807, 2.05) is 54.6 Å². The van der Waals surface area contributed by atoms with E-state index in [4.69, 9.17) is 4.74 Å². The maximum Gasteiger partial charge on any atom is 0.414 e. The zero-order chi connectivity index (χ0) is 19.3. The summed E-state index contributed by atoms with van der Waals surface area (Å²) < 4.78 is 5.00. The summed E-state index contributed by atoms with van der Waals surface area (Å²) in [5, 5.41) is 2.91. The average Bonchev–Trinajstić information content (AvgIpc) is 3.15. The summed E-state index contributed by atoms with van der Waals surface area (Å²) in [5.74, 6) is -0.132. The lowest BCUT2D eigenvalue weighted by atomic mass is 10.0. The molecule has 0 bridgehead atoms. The van der Waals surface area contributed by atoms with Gasteiger partial charge in [0.25, 0.3) is 0 Å². The molecule has 3 aromatic carbocycles. The molecule has 1 N–H and O–H groups in total. The van der Waals surface area contributed by atoms with Crippen molar-refractivity contribution in [2.24, 2.45) is 0 Å². The molecule has 5 nitrogen and oxygen atoms in total. The molecule has 0 radical (unpaired) electrons. The molecule has 140 valence electrons. The highest BCUT2D eigenvalue weighted by Crippen LogP contribution is 2.28. The number of amides is 2. The third-order valence-corrected chi connectivity index (χ3v) is 4.66. The minimum Gasteiger partial charge on any atom is -0.447 e. The van der Waals surface area contributed by atoms with E-state index in [1.165, 1.54) is 4.90 Å². The van der Waals surface area contributed by atoms with Crippen molar-refractivity contribution < 1.29 is 14.3 Å². The predicted octanol–water partition coefficient (Wildman–Crippen LogP) is 4.49. The van der Waals surface area contributed by atoms with Crippen LogP contribution in [0.25, 0.3) is 11.1 Å². The fourth-order valence-corrected chi connectivity index (χ4v) is 3.25. The van der Waals surface area contributed by atoms with Crippen LogP contribution in [-0.2, 0) is 16.0 Å².